The minimum absolute atomic E-state index is 0.0512. The van der Waals surface area contributed by atoms with Gasteiger partial charge in [-0.3, -0.25) is 9.69 Å². The lowest BCUT2D eigenvalue weighted by atomic mass is 10.1. The lowest BCUT2D eigenvalue weighted by Gasteiger charge is -2.20. The fourth-order valence-electron chi connectivity index (χ4n) is 2.85. The Kier molecular flexibility index (Phi) is 6.07. The molecule has 0 aliphatic heterocycles. The Balaban J connectivity index is 1.63. The molecule has 1 heterocycles. The summed E-state index contributed by atoms with van der Waals surface area (Å²) in [5, 5.41) is 2.84. The zero-order valence-corrected chi connectivity index (χ0v) is 15.9. The van der Waals surface area contributed by atoms with Crippen molar-refractivity contribution >= 4 is 5.91 Å². The van der Waals surface area contributed by atoms with Gasteiger partial charge >= 0.3 is 6.18 Å². The monoisotopic (exact) mass is 395 g/mol. The van der Waals surface area contributed by atoms with Crippen LogP contribution in [0.5, 0.6) is 0 Å². The molecule has 2 aromatic rings. The molecule has 5 nitrogen and oxygen atoms in total. The molecule has 1 fully saturated rings. The number of halogens is 3. The number of alkyl halides is 3. The average Bonchev–Trinajstić information content (AvgIpc) is 3.39. The van der Waals surface area contributed by atoms with Crippen LogP contribution in [0, 0.1) is 0 Å². The highest BCUT2D eigenvalue weighted by Crippen LogP contribution is 2.32. The molecule has 28 heavy (non-hydrogen) atoms. The van der Waals surface area contributed by atoms with Gasteiger partial charge in [-0.05, 0) is 43.9 Å². The summed E-state index contributed by atoms with van der Waals surface area (Å²) >= 11 is 0. The van der Waals surface area contributed by atoms with Gasteiger partial charge in [-0.15, -0.1) is 0 Å². The molecule has 1 amide bonds. The maximum Gasteiger partial charge on any atom is 0.416 e. The molecule has 0 spiro atoms. The normalized spacial score (nSPS) is 15.6. The third kappa shape index (κ3) is 5.34. The first-order valence-electron chi connectivity index (χ1n) is 9.41. The Bertz CT molecular complexity index is 798. The molecule has 152 valence electrons. The minimum Gasteiger partial charge on any atom is -0.447 e. The number of hydrogen-bond donors (Lipinski definition) is 1. The summed E-state index contributed by atoms with van der Waals surface area (Å²) in [5.74, 6) is 0.151. The molecule has 1 aliphatic rings. The topological polar surface area (TPSA) is 58.4 Å². The van der Waals surface area contributed by atoms with Gasteiger partial charge in [-0.1, -0.05) is 19.1 Å². The van der Waals surface area contributed by atoms with Crippen LogP contribution in [0.25, 0.3) is 0 Å². The molecular weight excluding hydrogens is 371 g/mol. The van der Waals surface area contributed by atoms with Gasteiger partial charge in [0.2, 0.25) is 5.89 Å². The Morgan fingerprint density at radius 3 is 2.54 bits per heavy atom. The predicted octanol–water partition coefficient (Wildman–Crippen LogP) is 4.39. The van der Waals surface area contributed by atoms with Crippen molar-refractivity contribution in [3.05, 3.63) is 53.2 Å². The van der Waals surface area contributed by atoms with E-state index in [1.807, 2.05) is 13.8 Å². The molecule has 1 aromatic heterocycles. The summed E-state index contributed by atoms with van der Waals surface area (Å²) in [6.07, 6.45) is -0.111. The van der Waals surface area contributed by atoms with Gasteiger partial charge in [0.05, 0.1) is 12.1 Å². The lowest BCUT2D eigenvalue weighted by Crippen LogP contribution is -2.32. The smallest absolute Gasteiger partial charge is 0.416 e. The third-order valence-corrected chi connectivity index (χ3v) is 4.84. The van der Waals surface area contributed by atoms with Crippen LogP contribution in [0.2, 0.25) is 0 Å². The number of carbonyl (C=O) groups is 1. The van der Waals surface area contributed by atoms with Gasteiger partial charge in [0.15, 0.2) is 5.69 Å². The van der Waals surface area contributed by atoms with Crippen molar-refractivity contribution in [2.45, 2.75) is 64.5 Å². The quantitative estimate of drug-likeness (QED) is 0.720. The van der Waals surface area contributed by atoms with Crippen molar-refractivity contribution in [1.29, 1.82) is 0 Å². The highest BCUT2D eigenvalue weighted by Gasteiger charge is 2.32. The van der Waals surface area contributed by atoms with E-state index >= 15 is 0 Å². The van der Waals surface area contributed by atoms with Crippen molar-refractivity contribution in [2.75, 3.05) is 0 Å². The summed E-state index contributed by atoms with van der Waals surface area (Å²) in [7, 11) is 0. The van der Waals surface area contributed by atoms with E-state index < -0.39 is 11.7 Å². The van der Waals surface area contributed by atoms with Gasteiger partial charge in [0.1, 0.15) is 6.26 Å². The molecule has 1 atom stereocenters. The number of nitrogens with zero attached hydrogens (tertiary/aromatic N) is 2. The number of amides is 1. The maximum absolute atomic E-state index is 12.7. The van der Waals surface area contributed by atoms with E-state index in [9.17, 15) is 18.0 Å². The molecule has 1 N–H and O–H groups in total. The number of benzene rings is 1. The Morgan fingerprint density at radius 2 is 1.96 bits per heavy atom. The van der Waals surface area contributed by atoms with Crippen LogP contribution in [-0.2, 0) is 19.3 Å². The Morgan fingerprint density at radius 1 is 1.29 bits per heavy atom. The van der Waals surface area contributed by atoms with Gasteiger partial charge in [0.25, 0.3) is 5.91 Å². The second-order valence-electron chi connectivity index (χ2n) is 7.24. The van der Waals surface area contributed by atoms with Gasteiger partial charge in [-0.25, -0.2) is 4.98 Å². The van der Waals surface area contributed by atoms with Crippen LogP contribution in [-0.4, -0.2) is 27.9 Å². The number of aromatic nitrogens is 1. The molecule has 1 unspecified atom stereocenters. The molecule has 8 heteroatoms. The van der Waals surface area contributed by atoms with Crippen molar-refractivity contribution in [3.63, 3.8) is 0 Å². The third-order valence-electron chi connectivity index (χ3n) is 4.84. The summed E-state index contributed by atoms with van der Waals surface area (Å²) in [5.41, 5.74) is 0.376. The summed E-state index contributed by atoms with van der Waals surface area (Å²) in [4.78, 5) is 18.5. The van der Waals surface area contributed by atoms with Crippen molar-refractivity contribution in [1.82, 2.24) is 15.2 Å². The Hall–Kier alpha value is -2.35. The largest absolute Gasteiger partial charge is 0.447 e. The number of oxazole rings is 1. The molecule has 0 radical (unpaired) electrons. The predicted molar refractivity (Wildman–Crippen MR) is 97.4 cm³/mol. The average molecular weight is 395 g/mol. The van der Waals surface area contributed by atoms with Crippen LogP contribution >= 0.6 is 0 Å². The van der Waals surface area contributed by atoms with Crippen LogP contribution in [0.3, 0.4) is 0 Å². The number of carbonyl (C=O) groups excluding carboxylic acids is 1. The molecule has 1 saturated carbocycles. The van der Waals surface area contributed by atoms with Gasteiger partial charge in [-0.2, -0.15) is 13.2 Å². The molecule has 1 aromatic carbocycles. The number of rotatable bonds is 8. The van der Waals surface area contributed by atoms with E-state index in [4.69, 9.17) is 4.42 Å². The van der Waals surface area contributed by atoms with Crippen LogP contribution < -0.4 is 5.32 Å². The first-order valence-corrected chi connectivity index (χ1v) is 9.41. The standard InChI is InChI=1S/C20H24F3N3O2/c1-3-13(2)24-19(27)17-12-28-18(25-17)11-26(16-8-9-16)10-14-4-6-15(7-5-14)20(21,22)23/h4-7,12-13,16H,3,8-11H2,1-2H3,(H,24,27). The van der Waals surface area contributed by atoms with Crippen LogP contribution in [0.4, 0.5) is 13.2 Å². The maximum atomic E-state index is 12.7. The van der Waals surface area contributed by atoms with Crippen LogP contribution in [0.1, 0.15) is 60.6 Å². The SMILES string of the molecule is CCC(C)NC(=O)c1coc(CN(Cc2ccc(C(F)(F)F)cc2)C2CC2)n1. The van der Waals surface area contributed by atoms with Gasteiger partial charge < -0.3 is 9.73 Å². The van der Waals surface area contributed by atoms with E-state index in [-0.39, 0.29) is 17.6 Å². The fourth-order valence-corrected chi connectivity index (χ4v) is 2.85. The zero-order chi connectivity index (χ0) is 20.3. The zero-order valence-electron chi connectivity index (χ0n) is 15.9. The molecule has 1 aliphatic carbocycles. The summed E-state index contributed by atoms with van der Waals surface area (Å²) < 4.78 is 43.6. The van der Waals surface area contributed by atoms with Crippen molar-refractivity contribution in [2.24, 2.45) is 0 Å². The van der Waals surface area contributed by atoms with Gasteiger partial charge in [0, 0.05) is 18.6 Å². The molecule has 3 rings (SSSR count). The lowest BCUT2D eigenvalue weighted by molar-refractivity contribution is -0.137. The molecule has 0 bridgehead atoms. The van der Waals surface area contributed by atoms with E-state index in [0.29, 0.717) is 25.0 Å². The highest BCUT2D eigenvalue weighted by atomic mass is 19.4. The molecule has 0 saturated heterocycles. The summed E-state index contributed by atoms with van der Waals surface area (Å²) in [6.45, 7) is 4.80. The van der Waals surface area contributed by atoms with E-state index in [1.54, 1.807) is 0 Å². The summed E-state index contributed by atoms with van der Waals surface area (Å²) in [6, 6.07) is 5.60. The van der Waals surface area contributed by atoms with E-state index in [0.717, 1.165) is 37.0 Å². The Labute approximate surface area is 161 Å². The highest BCUT2D eigenvalue weighted by molar-refractivity contribution is 5.92. The number of hydrogen-bond acceptors (Lipinski definition) is 4. The van der Waals surface area contributed by atoms with E-state index in [1.165, 1.54) is 18.4 Å². The second-order valence-corrected chi connectivity index (χ2v) is 7.24. The fraction of sp³-hybridized carbons (Fsp3) is 0.500. The van der Waals surface area contributed by atoms with Crippen molar-refractivity contribution in [3.8, 4) is 0 Å². The van der Waals surface area contributed by atoms with E-state index in [2.05, 4.69) is 15.2 Å². The second kappa shape index (κ2) is 8.34. The minimum atomic E-state index is -4.33. The first-order chi connectivity index (χ1) is 13.3. The van der Waals surface area contributed by atoms with Crippen molar-refractivity contribution < 1.29 is 22.4 Å². The first kappa shape index (κ1) is 20.4. The van der Waals surface area contributed by atoms with Crippen LogP contribution in [0.15, 0.2) is 34.9 Å². The number of nitrogens with one attached hydrogen (secondary N) is 1. The molecular formula is C20H24F3N3O2.